The third-order valence-electron chi connectivity index (χ3n) is 4.43. The molecule has 2 rings (SSSR count). The van der Waals surface area contributed by atoms with Crippen LogP contribution >= 0.6 is 15.9 Å². The molecule has 0 saturated heterocycles. The summed E-state index contributed by atoms with van der Waals surface area (Å²) in [7, 11) is 0. The lowest BCUT2D eigenvalue weighted by Crippen LogP contribution is -2.24. The Morgan fingerprint density at radius 2 is 2.20 bits per heavy atom. The Balaban J connectivity index is 2.00. The predicted octanol–water partition coefficient (Wildman–Crippen LogP) is 4.47. The highest BCUT2D eigenvalue weighted by atomic mass is 79.9. The standard InChI is InChI=1S/C13H21BrO/c1-4-5-12(14)15-11-8-9-6-7-10(11)13(9,2)3/h5,9-11H,4,6-8H2,1-3H3/b12-5-/t9-,10+,11+/m0/s1. The van der Waals surface area contributed by atoms with Crippen LogP contribution in [0.25, 0.3) is 0 Å². The van der Waals surface area contributed by atoms with E-state index in [1.165, 1.54) is 19.3 Å². The summed E-state index contributed by atoms with van der Waals surface area (Å²) in [5, 5.41) is 0. The lowest BCUT2D eigenvalue weighted by atomic mass is 9.82. The summed E-state index contributed by atoms with van der Waals surface area (Å²) in [5.41, 5.74) is 0.504. The molecule has 2 saturated carbocycles. The molecule has 15 heavy (non-hydrogen) atoms. The molecule has 2 heteroatoms. The van der Waals surface area contributed by atoms with Gasteiger partial charge in [0.25, 0.3) is 0 Å². The zero-order valence-electron chi connectivity index (χ0n) is 9.92. The molecule has 0 radical (unpaired) electrons. The molecule has 2 aliphatic rings. The van der Waals surface area contributed by atoms with E-state index in [9.17, 15) is 0 Å². The monoisotopic (exact) mass is 272 g/mol. The van der Waals surface area contributed by atoms with Crippen LogP contribution in [0.5, 0.6) is 0 Å². The molecular weight excluding hydrogens is 252 g/mol. The number of hydrogen-bond acceptors (Lipinski definition) is 1. The smallest absolute Gasteiger partial charge is 0.158 e. The second-order valence-corrected chi connectivity index (χ2v) is 6.29. The summed E-state index contributed by atoms with van der Waals surface area (Å²) in [6.45, 7) is 6.96. The quantitative estimate of drug-likeness (QED) is 0.689. The van der Waals surface area contributed by atoms with Gasteiger partial charge in [-0.25, -0.2) is 0 Å². The van der Waals surface area contributed by atoms with E-state index in [0.717, 1.165) is 22.9 Å². The van der Waals surface area contributed by atoms with E-state index in [0.29, 0.717) is 11.5 Å². The SMILES string of the molecule is CC/C=C(/Br)O[C@@H]1C[C@@H]2CC[C@H]1C2(C)C. The minimum Gasteiger partial charge on any atom is -0.484 e. The molecule has 0 N–H and O–H groups in total. The molecule has 2 bridgehead atoms. The van der Waals surface area contributed by atoms with Gasteiger partial charge in [-0.1, -0.05) is 20.8 Å². The maximum atomic E-state index is 6.00. The molecule has 0 heterocycles. The van der Waals surface area contributed by atoms with Crippen molar-refractivity contribution in [1.29, 1.82) is 0 Å². The van der Waals surface area contributed by atoms with Gasteiger partial charge >= 0.3 is 0 Å². The van der Waals surface area contributed by atoms with Crippen LogP contribution in [-0.2, 0) is 4.74 Å². The first-order chi connectivity index (χ1) is 7.05. The van der Waals surface area contributed by atoms with Gasteiger partial charge in [0.15, 0.2) is 4.67 Å². The molecule has 3 atom stereocenters. The van der Waals surface area contributed by atoms with Crippen molar-refractivity contribution in [2.75, 3.05) is 0 Å². The van der Waals surface area contributed by atoms with Gasteiger partial charge in [-0.3, -0.25) is 0 Å². The van der Waals surface area contributed by atoms with Crippen LogP contribution in [0.4, 0.5) is 0 Å². The predicted molar refractivity (Wildman–Crippen MR) is 66.8 cm³/mol. The maximum Gasteiger partial charge on any atom is 0.158 e. The van der Waals surface area contributed by atoms with Crippen LogP contribution in [0.2, 0.25) is 0 Å². The first-order valence-corrected chi connectivity index (χ1v) is 6.87. The van der Waals surface area contributed by atoms with Crippen molar-refractivity contribution in [3.63, 3.8) is 0 Å². The fourth-order valence-corrected chi connectivity index (χ4v) is 4.01. The molecule has 0 spiro atoms. The molecule has 86 valence electrons. The summed E-state index contributed by atoms with van der Waals surface area (Å²) >= 11 is 3.50. The van der Waals surface area contributed by atoms with Gasteiger partial charge in [0.2, 0.25) is 0 Å². The number of rotatable bonds is 3. The van der Waals surface area contributed by atoms with E-state index in [-0.39, 0.29) is 0 Å². The minimum atomic E-state index is 0.455. The van der Waals surface area contributed by atoms with E-state index in [4.69, 9.17) is 4.74 Å². The molecule has 2 fully saturated rings. The van der Waals surface area contributed by atoms with E-state index in [1.54, 1.807) is 0 Å². The lowest BCUT2D eigenvalue weighted by molar-refractivity contribution is 0.0701. The Labute approximate surface area is 101 Å². The lowest BCUT2D eigenvalue weighted by Gasteiger charge is -2.26. The van der Waals surface area contributed by atoms with Crippen LogP contribution in [0.15, 0.2) is 10.7 Å². The highest BCUT2D eigenvalue weighted by Gasteiger charge is 2.54. The van der Waals surface area contributed by atoms with Gasteiger partial charge < -0.3 is 4.74 Å². The number of hydrogen-bond donors (Lipinski definition) is 0. The Bertz CT molecular complexity index is 270. The summed E-state index contributed by atoms with van der Waals surface area (Å²) in [5.74, 6) is 1.65. The first-order valence-electron chi connectivity index (χ1n) is 6.08. The molecule has 0 aromatic rings. The van der Waals surface area contributed by atoms with Crippen LogP contribution in [0, 0.1) is 17.3 Å². The Morgan fingerprint density at radius 3 is 2.67 bits per heavy atom. The molecule has 2 aliphatic carbocycles. The van der Waals surface area contributed by atoms with Crippen molar-refractivity contribution in [2.45, 2.75) is 52.6 Å². The van der Waals surface area contributed by atoms with Crippen molar-refractivity contribution < 1.29 is 4.74 Å². The normalized spacial score (nSPS) is 38.4. The molecule has 0 amide bonds. The molecule has 0 unspecified atom stereocenters. The van der Waals surface area contributed by atoms with Crippen LogP contribution in [0.3, 0.4) is 0 Å². The zero-order chi connectivity index (χ0) is 11.1. The van der Waals surface area contributed by atoms with Gasteiger partial charge in [0.05, 0.1) is 0 Å². The van der Waals surface area contributed by atoms with Gasteiger partial charge in [0.1, 0.15) is 6.10 Å². The number of ether oxygens (including phenoxy) is 1. The van der Waals surface area contributed by atoms with Gasteiger partial charge in [-0.15, -0.1) is 0 Å². The highest BCUT2D eigenvalue weighted by molar-refractivity contribution is 9.11. The fourth-order valence-electron chi connectivity index (χ4n) is 3.44. The van der Waals surface area contributed by atoms with Gasteiger partial charge in [-0.05, 0) is 59.0 Å². The summed E-state index contributed by atoms with van der Waals surface area (Å²) in [6, 6.07) is 0. The van der Waals surface area contributed by atoms with Gasteiger partial charge in [0, 0.05) is 5.92 Å². The average molecular weight is 273 g/mol. The second-order valence-electron chi connectivity index (χ2n) is 5.51. The number of fused-ring (bicyclic) bond motifs is 2. The fraction of sp³-hybridized carbons (Fsp3) is 0.846. The van der Waals surface area contributed by atoms with E-state index >= 15 is 0 Å². The second kappa shape index (κ2) is 4.12. The average Bonchev–Trinajstić information content (AvgIpc) is 2.55. The largest absolute Gasteiger partial charge is 0.484 e. The van der Waals surface area contributed by atoms with Crippen LogP contribution in [-0.4, -0.2) is 6.10 Å². The number of allylic oxidation sites excluding steroid dienone is 1. The van der Waals surface area contributed by atoms with Crippen molar-refractivity contribution in [2.24, 2.45) is 17.3 Å². The minimum absolute atomic E-state index is 0.455. The van der Waals surface area contributed by atoms with Crippen molar-refractivity contribution in [1.82, 2.24) is 0 Å². The third kappa shape index (κ3) is 1.98. The number of halogens is 1. The maximum absolute atomic E-state index is 6.00. The first kappa shape index (κ1) is 11.5. The van der Waals surface area contributed by atoms with E-state index in [2.05, 4.69) is 42.8 Å². The summed E-state index contributed by atoms with van der Waals surface area (Å²) in [6.07, 6.45) is 7.62. The van der Waals surface area contributed by atoms with Gasteiger partial charge in [-0.2, -0.15) is 0 Å². The van der Waals surface area contributed by atoms with E-state index in [1.807, 2.05) is 0 Å². The Morgan fingerprint density at radius 1 is 1.47 bits per heavy atom. The summed E-state index contributed by atoms with van der Waals surface area (Å²) in [4.78, 5) is 0. The van der Waals surface area contributed by atoms with Crippen molar-refractivity contribution in [3.05, 3.63) is 10.7 Å². The topological polar surface area (TPSA) is 9.23 Å². The zero-order valence-corrected chi connectivity index (χ0v) is 11.5. The molecule has 0 aliphatic heterocycles. The van der Waals surface area contributed by atoms with E-state index < -0.39 is 0 Å². The molecule has 1 nitrogen and oxygen atoms in total. The van der Waals surface area contributed by atoms with Crippen LogP contribution < -0.4 is 0 Å². The Hall–Kier alpha value is 0.0200. The molecule has 0 aromatic carbocycles. The Kier molecular flexibility index (Phi) is 3.16. The summed E-state index contributed by atoms with van der Waals surface area (Å²) < 4.78 is 6.94. The van der Waals surface area contributed by atoms with Crippen molar-refractivity contribution in [3.8, 4) is 0 Å². The molecular formula is C13H21BrO. The van der Waals surface area contributed by atoms with Crippen LogP contribution in [0.1, 0.15) is 46.5 Å². The third-order valence-corrected chi connectivity index (χ3v) is 4.94. The van der Waals surface area contributed by atoms with Crippen molar-refractivity contribution >= 4 is 15.9 Å². The highest BCUT2D eigenvalue weighted by Crippen LogP contribution is 2.58. The molecule has 0 aromatic heterocycles.